The minimum atomic E-state index is -0.422. The number of carbonyl (C=O) groups is 1. The number of hydrogen-bond donors (Lipinski definition) is 0. The summed E-state index contributed by atoms with van der Waals surface area (Å²) in [5.41, 5.74) is 2.40. The van der Waals surface area contributed by atoms with E-state index in [-0.39, 0.29) is 0 Å². The minimum Gasteiger partial charge on any atom is -0.464 e. The average Bonchev–Trinajstić information content (AvgIpc) is 3.25. The number of methoxy groups -OCH3 is 1. The molecule has 30 heavy (non-hydrogen) atoms. The summed E-state index contributed by atoms with van der Waals surface area (Å²) in [7, 11) is 1.37. The Hall–Kier alpha value is -2.22. The highest BCUT2D eigenvalue weighted by molar-refractivity contribution is 6.30. The molecule has 0 unspecified atom stereocenters. The van der Waals surface area contributed by atoms with Crippen molar-refractivity contribution in [3.05, 3.63) is 52.3 Å². The Balaban J connectivity index is 1.32. The van der Waals surface area contributed by atoms with Gasteiger partial charge in [-0.1, -0.05) is 23.7 Å². The van der Waals surface area contributed by atoms with Crippen LogP contribution in [0.5, 0.6) is 0 Å². The van der Waals surface area contributed by atoms with Crippen LogP contribution in [0.4, 0.5) is 5.95 Å². The van der Waals surface area contributed by atoms with E-state index in [1.807, 2.05) is 19.1 Å². The normalized spacial score (nSPS) is 20.5. The summed E-state index contributed by atoms with van der Waals surface area (Å²) >= 11 is 5.99. The standard InChI is InChI=1S/C22H28ClN5O2/c1-16-13-20(21(29)30-2)25-22(24-16)28-8-7-19(15-28)27-11-9-26(10-12-27)14-17-3-5-18(23)6-4-17/h3-6,13,19H,7-12,14-15H2,1-2H3/t19-/m0/s1. The molecule has 1 atom stereocenters. The van der Waals surface area contributed by atoms with Crippen molar-refractivity contribution in [3.8, 4) is 0 Å². The highest BCUT2D eigenvalue weighted by Crippen LogP contribution is 2.22. The fraction of sp³-hybridized carbons (Fsp3) is 0.500. The number of carbonyl (C=O) groups excluding carboxylic acids is 1. The lowest BCUT2D eigenvalue weighted by molar-refractivity contribution is 0.0593. The van der Waals surface area contributed by atoms with Crippen molar-refractivity contribution in [2.24, 2.45) is 0 Å². The van der Waals surface area contributed by atoms with Crippen molar-refractivity contribution in [2.45, 2.75) is 25.9 Å². The third-order valence-corrected chi connectivity index (χ3v) is 6.18. The van der Waals surface area contributed by atoms with Gasteiger partial charge in [-0.25, -0.2) is 14.8 Å². The highest BCUT2D eigenvalue weighted by Gasteiger charge is 2.31. The lowest BCUT2D eigenvalue weighted by atomic mass is 10.1. The number of halogens is 1. The molecule has 0 radical (unpaired) electrons. The van der Waals surface area contributed by atoms with E-state index in [1.165, 1.54) is 12.7 Å². The van der Waals surface area contributed by atoms with Crippen molar-refractivity contribution in [1.82, 2.24) is 19.8 Å². The maximum Gasteiger partial charge on any atom is 0.356 e. The second kappa shape index (κ2) is 9.29. The Morgan fingerprint density at radius 3 is 2.57 bits per heavy atom. The van der Waals surface area contributed by atoms with Crippen LogP contribution in [-0.4, -0.2) is 78.2 Å². The Morgan fingerprint density at radius 1 is 1.13 bits per heavy atom. The van der Waals surface area contributed by atoms with Crippen molar-refractivity contribution in [3.63, 3.8) is 0 Å². The quantitative estimate of drug-likeness (QED) is 0.677. The summed E-state index contributed by atoms with van der Waals surface area (Å²) in [6, 6.07) is 10.3. The number of benzene rings is 1. The van der Waals surface area contributed by atoms with Crippen LogP contribution in [0.3, 0.4) is 0 Å². The van der Waals surface area contributed by atoms with E-state index in [9.17, 15) is 4.79 Å². The number of aromatic nitrogens is 2. The first-order valence-corrected chi connectivity index (χ1v) is 10.8. The SMILES string of the molecule is COC(=O)c1cc(C)nc(N2CC[C@H](N3CCN(Cc4ccc(Cl)cc4)CC3)C2)n1. The summed E-state index contributed by atoms with van der Waals surface area (Å²) in [6.07, 6.45) is 1.09. The predicted octanol–water partition coefficient (Wildman–Crippen LogP) is 2.62. The van der Waals surface area contributed by atoms with Gasteiger partial charge >= 0.3 is 5.97 Å². The molecule has 0 saturated carbocycles. The molecule has 2 aromatic rings. The second-order valence-corrected chi connectivity index (χ2v) is 8.45. The number of anilines is 1. The summed E-state index contributed by atoms with van der Waals surface area (Å²) in [5, 5.41) is 0.783. The maximum absolute atomic E-state index is 11.9. The molecule has 8 heteroatoms. The van der Waals surface area contributed by atoms with E-state index in [4.69, 9.17) is 16.3 Å². The fourth-order valence-corrected chi connectivity index (χ4v) is 4.39. The van der Waals surface area contributed by atoms with Gasteiger partial charge in [0.15, 0.2) is 5.69 Å². The van der Waals surface area contributed by atoms with Crippen molar-refractivity contribution in [2.75, 3.05) is 51.3 Å². The van der Waals surface area contributed by atoms with Crippen LogP contribution in [0, 0.1) is 6.92 Å². The van der Waals surface area contributed by atoms with Crippen LogP contribution < -0.4 is 4.90 Å². The van der Waals surface area contributed by atoms with Gasteiger partial charge < -0.3 is 9.64 Å². The number of piperazine rings is 1. The molecule has 0 spiro atoms. The zero-order valence-corrected chi connectivity index (χ0v) is 18.3. The molecule has 4 rings (SSSR count). The third kappa shape index (κ3) is 4.91. The van der Waals surface area contributed by atoms with E-state index in [2.05, 4.69) is 36.8 Å². The van der Waals surface area contributed by atoms with E-state index < -0.39 is 5.97 Å². The second-order valence-electron chi connectivity index (χ2n) is 8.01. The molecule has 3 heterocycles. The van der Waals surface area contributed by atoms with Crippen LogP contribution in [0.15, 0.2) is 30.3 Å². The van der Waals surface area contributed by atoms with Gasteiger partial charge in [0.25, 0.3) is 0 Å². The smallest absolute Gasteiger partial charge is 0.356 e. The molecule has 1 aromatic carbocycles. The number of ether oxygens (including phenoxy) is 1. The molecule has 2 saturated heterocycles. The number of esters is 1. The van der Waals surface area contributed by atoms with Crippen molar-refractivity contribution >= 4 is 23.5 Å². The minimum absolute atomic E-state index is 0.319. The van der Waals surface area contributed by atoms with Gasteiger partial charge in [0.2, 0.25) is 5.95 Å². The topological polar surface area (TPSA) is 61.8 Å². The fourth-order valence-electron chi connectivity index (χ4n) is 4.26. The summed E-state index contributed by atoms with van der Waals surface area (Å²) < 4.78 is 4.82. The van der Waals surface area contributed by atoms with Gasteiger partial charge in [-0.15, -0.1) is 0 Å². The number of rotatable bonds is 5. The lowest BCUT2D eigenvalue weighted by Gasteiger charge is -2.38. The molecule has 0 aliphatic carbocycles. The molecule has 7 nitrogen and oxygen atoms in total. The zero-order chi connectivity index (χ0) is 21.1. The predicted molar refractivity (Wildman–Crippen MR) is 117 cm³/mol. The molecule has 1 aromatic heterocycles. The molecule has 2 aliphatic rings. The number of hydrogen-bond acceptors (Lipinski definition) is 7. The van der Waals surface area contributed by atoms with Crippen LogP contribution in [0.25, 0.3) is 0 Å². The van der Waals surface area contributed by atoms with E-state index in [0.717, 1.165) is 63.0 Å². The number of nitrogens with zero attached hydrogens (tertiary/aromatic N) is 5. The first-order valence-electron chi connectivity index (χ1n) is 10.4. The Morgan fingerprint density at radius 2 is 1.87 bits per heavy atom. The van der Waals surface area contributed by atoms with Gasteiger partial charge in [-0.05, 0) is 37.1 Å². The van der Waals surface area contributed by atoms with E-state index in [1.54, 1.807) is 6.07 Å². The monoisotopic (exact) mass is 429 g/mol. The van der Waals surface area contributed by atoms with Crippen molar-refractivity contribution < 1.29 is 9.53 Å². The van der Waals surface area contributed by atoms with Gasteiger partial charge in [-0.2, -0.15) is 0 Å². The average molecular weight is 430 g/mol. The molecule has 0 N–H and O–H groups in total. The summed E-state index contributed by atoms with van der Waals surface area (Å²) in [4.78, 5) is 28.1. The molecular weight excluding hydrogens is 402 g/mol. The molecule has 0 bridgehead atoms. The number of aryl methyl sites for hydroxylation is 1. The van der Waals surface area contributed by atoms with Crippen LogP contribution in [-0.2, 0) is 11.3 Å². The molecular formula is C22H28ClN5O2. The van der Waals surface area contributed by atoms with Gasteiger partial charge in [0.05, 0.1) is 7.11 Å². The lowest BCUT2D eigenvalue weighted by Crippen LogP contribution is -2.50. The molecule has 0 amide bonds. The van der Waals surface area contributed by atoms with Gasteiger partial charge in [0.1, 0.15) is 0 Å². The van der Waals surface area contributed by atoms with E-state index >= 15 is 0 Å². The van der Waals surface area contributed by atoms with Crippen LogP contribution >= 0.6 is 11.6 Å². The molecule has 160 valence electrons. The van der Waals surface area contributed by atoms with Crippen LogP contribution in [0.2, 0.25) is 5.02 Å². The van der Waals surface area contributed by atoms with Crippen molar-refractivity contribution in [1.29, 1.82) is 0 Å². The maximum atomic E-state index is 11.9. The Labute approximate surface area is 182 Å². The summed E-state index contributed by atoms with van der Waals surface area (Å²) in [5.74, 6) is 0.202. The first kappa shape index (κ1) is 21.0. The first-order chi connectivity index (χ1) is 14.5. The van der Waals surface area contributed by atoms with Crippen LogP contribution in [0.1, 0.15) is 28.2 Å². The Kier molecular flexibility index (Phi) is 6.51. The molecule has 2 aliphatic heterocycles. The summed E-state index contributed by atoms with van der Waals surface area (Å²) in [6.45, 7) is 8.89. The third-order valence-electron chi connectivity index (χ3n) is 5.93. The molecule has 2 fully saturated rings. The Bertz CT molecular complexity index is 884. The van der Waals surface area contributed by atoms with Gasteiger partial charge in [-0.3, -0.25) is 9.80 Å². The zero-order valence-electron chi connectivity index (χ0n) is 17.6. The van der Waals surface area contributed by atoms with E-state index in [0.29, 0.717) is 17.7 Å². The highest BCUT2D eigenvalue weighted by atomic mass is 35.5. The van der Waals surface area contributed by atoms with Gasteiger partial charge in [0, 0.05) is 62.6 Å². The largest absolute Gasteiger partial charge is 0.464 e.